The molecule has 0 saturated carbocycles. The topological polar surface area (TPSA) is 73.8 Å². The molecule has 0 aliphatic rings. The highest BCUT2D eigenvalue weighted by molar-refractivity contribution is 7.16. The van der Waals surface area contributed by atoms with Crippen LogP contribution in [0.5, 0.6) is 0 Å². The standard InChI is InChI=1S/C12H12N4O2S/c1-2-3-9-14-10(18-15-9)6-16-7-13-11-8(12(16)17)4-5-19-11/h4-5,7H,2-3,6H2,1H3. The molecule has 0 atom stereocenters. The van der Waals surface area contributed by atoms with E-state index < -0.39 is 0 Å². The molecule has 0 fully saturated rings. The molecule has 7 heteroatoms. The fourth-order valence-electron chi connectivity index (χ4n) is 1.83. The average Bonchev–Trinajstić information content (AvgIpc) is 3.03. The lowest BCUT2D eigenvalue weighted by molar-refractivity contribution is 0.364. The highest BCUT2D eigenvalue weighted by Gasteiger charge is 2.10. The van der Waals surface area contributed by atoms with Gasteiger partial charge in [-0.05, 0) is 17.9 Å². The third-order valence-corrected chi connectivity index (χ3v) is 3.56. The molecule has 0 saturated heterocycles. The number of aromatic nitrogens is 4. The summed E-state index contributed by atoms with van der Waals surface area (Å²) in [6.07, 6.45) is 3.26. The molecule has 3 rings (SSSR count). The quantitative estimate of drug-likeness (QED) is 0.727. The van der Waals surface area contributed by atoms with Crippen molar-refractivity contribution >= 4 is 21.6 Å². The molecule has 6 nitrogen and oxygen atoms in total. The molecule has 3 heterocycles. The van der Waals surface area contributed by atoms with E-state index in [4.69, 9.17) is 4.52 Å². The number of rotatable bonds is 4. The second-order valence-corrected chi connectivity index (χ2v) is 5.07. The van der Waals surface area contributed by atoms with E-state index >= 15 is 0 Å². The summed E-state index contributed by atoms with van der Waals surface area (Å²) < 4.78 is 6.61. The fourth-order valence-corrected chi connectivity index (χ4v) is 2.55. The minimum Gasteiger partial charge on any atom is -0.337 e. The molecule has 3 aromatic heterocycles. The molecule has 0 N–H and O–H groups in total. The van der Waals surface area contributed by atoms with Crippen LogP contribution in [0.4, 0.5) is 0 Å². The van der Waals surface area contributed by atoms with Gasteiger partial charge >= 0.3 is 0 Å². The Morgan fingerprint density at radius 2 is 2.37 bits per heavy atom. The van der Waals surface area contributed by atoms with Gasteiger partial charge in [-0.15, -0.1) is 11.3 Å². The molecule has 0 aromatic carbocycles. The van der Waals surface area contributed by atoms with Crippen LogP contribution in [0.15, 0.2) is 27.1 Å². The van der Waals surface area contributed by atoms with E-state index in [1.54, 1.807) is 6.07 Å². The maximum Gasteiger partial charge on any atom is 0.262 e. The number of fused-ring (bicyclic) bond motifs is 1. The Morgan fingerprint density at radius 1 is 1.47 bits per heavy atom. The van der Waals surface area contributed by atoms with Gasteiger partial charge in [0.15, 0.2) is 5.82 Å². The van der Waals surface area contributed by atoms with Gasteiger partial charge in [-0.25, -0.2) is 4.98 Å². The van der Waals surface area contributed by atoms with Gasteiger partial charge in [-0.1, -0.05) is 12.1 Å². The van der Waals surface area contributed by atoms with Crippen molar-refractivity contribution in [3.8, 4) is 0 Å². The van der Waals surface area contributed by atoms with Crippen molar-refractivity contribution < 1.29 is 4.52 Å². The van der Waals surface area contributed by atoms with Crippen molar-refractivity contribution in [1.29, 1.82) is 0 Å². The summed E-state index contributed by atoms with van der Waals surface area (Å²) in [6.45, 7) is 2.31. The minimum absolute atomic E-state index is 0.0820. The number of hydrogen-bond acceptors (Lipinski definition) is 6. The Labute approximate surface area is 112 Å². The molecule has 0 bridgehead atoms. The van der Waals surface area contributed by atoms with Crippen molar-refractivity contribution in [2.24, 2.45) is 0 Å². The molecular weight excluding hydrogens is 264 g/mol. The maximum atomic E-state index is 12.2. The molecule has 0 radical (unpaired) electrons. The van der Waals surface area contributed by atoms with Crippen LogP contribution in [0.2, 0.25) is 0 Å². The summed E-state index contributed by atoms with van der Waals surface area (Å²) in [7, 11) is 0. The summed E-state index contributed by atoms with van der Waals surface area (Å²) in [6, 6.07) is 1.78. The predicted molar refractivity (Wildman–Crippen MR) is 71.3 cm³/mol. The molecule has 0 spiro atoms. The summed E-state index contributed by atoms with van der Waals surface area (Å²) in [5.74, 6) is 1.11. The van der Waals surface area contributed by atoms with Crippen molar-refractivity contribution in [3.05, 3.63) is 39.8 Å². The van der Waals surface area contributed by atoms with E-state index in [2.05, 4.69) is 22.0 Å². The lowest BCUT2D eigenvalue weighted by Crippen LogP contribution is -2.20. The lowest BCUT2D eigenvalue weighted by atomic mass is 10.3. The first kappa shape index (κ1) is 12.0. The first-order valence-electron chi connectivity index (χ1n) is 6.02. The second kappa shape index (κ2) is 4.93. The summed E-state index contributed by atoms with van der Waals surface area (Å²) >= 11 is 1.45. The van der Waals surface area contributed by atoms with Gasteiger partial charge < -0.3 is 4.52 Å². The fraction of sp³-hybridized carbons (Fsp3) is 0.333. The largest absolute Gasteiger partial charge is 0.337 e. The zero-order valence-corrected chi connectivity index (χ0v) is 11.2. The molecule has 0 amide bonds. The average molecular weight is 276 g/mol. The highest BCUT2D eigenvalue weighted by atomic mass is 32.1. The van der Waals surface area contributed by atoms with Crippen LogP contribution in [-0.4, -0.2) is 19.7 Å². The summed E-state index contributed by atoms with van der Waals surface area (Å²) in [5, 5.41) is 6.35. The molecule has 0 aliphatic carbocycles. The van der Waals surface area contributed by atoms with E-state index in [1.807, 2.05) is 5.38 Å². The summed E-state index contributed by atoms with van der Waals surface area (Å²) in [4.78, 5) is 21.4. The minimum atomic E-state index is -0.0820. The van der Waals surface area contributed by atoms with Gasteiger partial charge in [0.2, 0.25) is 5.89 Å². The van der Waals surface area contributed by atoms with Crippen LogP contribution in [0, 0.1) is 0 Å². The van der Waals surface area contributed by atoms with Gasteiger partial charge in [0, 0.05) is 6.42 Å². The third-order valence-electron chi connectivity index (χ3n) is 2.74. The van der Waals surface area contributed by atoms with Crippen LogP contribution in [0.25, 0.3) is 10.2 Å². The Hall–Kier alpha value is -2.02. The van der Waals surface area contributed by atoms with E-state index in [-0.39, 0.29) is 12.1 Å². The smallest absolute Gasteiger partial charge is 0.262 e. The van der Waals surface area contributed by atoms with E-state index in [0.29, 0.717) is 17.1 Å². The molecule has 3 aromatic rings. The number of nitrogens with zero attached hydrogens (tertiary/aromatic N) is 4. The van der Waals surface area contributed by atoms with E-state index in [9.17, 15) is 4.79 Å². The van der Waals surface area contributed by atoms with Gasteiger partial charge in [0.05, 0.1) is 11.7 Å². The Morgan fingerprint density at radius 3 is 3.21 bits per heavy atom. The molecule has 98 valence electrons. The van der Waals surface area contributed by atoms with Crippen molar-refractivity contribution in [1.82, 2.24) is 19.7 Å². The van der Waals surface area contributed by atoms with Crippen molar-refractivity contribution in [3.63, 3.8) is 0 Å². The van der Waals surface area contributed by atoms with Gasteiger partial charge in [0.1, 0.15) is 11.4 Å². The van der Waals surface area contributed by atoms with Crippen molar-refractivity contribution in [2.45, 2.75) is 26.3 Å². The molecular formula is C12H12N4O2S. The first-order chi connectivity index (χ1) is 9.28. The van der Waals surface area contributed by atoms with Gasteiger partial charge in [0.25, 0.3) is 5.56 Å². The van der Waals surface area contributed by atoms with E-state index in [0.717, 1.165) is 17.7 Å². The number of thiophene rings is 1. The Kier molecular flexibility index (Phi) is 3.12. The van der Waals surface area contributed by atoms with E-state index in [1.165, 1.54) is 22.2 Å². The SMILES string of the molecule is CCCc1noc(Cn2cnc3sccc3c2=O)n1. The van der Waals surface area contributed by atoms with Gasteiger partial charge in [-0.2, -0.15) is 4.98 Å². The van der Waals surface area contributed by atoms with Crippen LogP contribution < -0.4 is 5.56 Å². The van der Waals surface area contributed by atoms with Gasteiger partial charge in [-0.3, -0.25) is 9.36 Å². The summed E-state index contributed by atoms with van der Waals surface area (Å²) in [5.41, 5.74) is -0.0820. The molecule has 0 aliphatic heterocycles. The Bertz CT molecular complexity index is 758. The van der Waals surface area contributed by atoms with Crippen LogP contribution in [0.1, 0.15) is 25.1 Å². The highest BCUT2D eigenvalue weighted by Crippen LogP contribution is 2.13. The Balaban J connectivity index is 1.91. The third kappa shape index (κ3) is 2.28. The predicted octanol–water partition coefficient (Wildman–Crippen LogP) is 1.84. The second-order valence-electron chi connectivity index (χ2n) is 4.17. The lowest BCUT2D eigenvalue weighted by Gasteiger charge is -2.00. The van der Waals surface area contributed by atoms with Crippen LogP contribution >= 0.6 is 11.3 Å². The molecule has 0 unspecified atom stereocenters. The normalized spacial score (nSPS) is 11.2. The zero-order valence-electron chi connectivity index (χ0n) is 10.4. The van der Waals surface area contributed by atoms with Crippen LogP contribution in [0.3, 0.4) is 0 Å². The monoisotopic (exact) mass is 276 g/mol. The molecule has 19 heavy (non-hydrogen) atoms. The number of hydrogen-bond donors (Lipinski definition) is 0. The van der Waals surface area contributed by atoms with Crippen molar-refractivity contribution in [2.75, 3.05) is 0 Å². The first-order valence-corrected chi connectivity index (χ1v) is 6.90. The zero-order chi connectivity index (χ0) is 13.2. The maximum absolute atomic E-state index is 12.2. The van der Waals surface area contributed by atoms with Crippen LogP contribution in [-0.2, 0) is 13.0 Å². The number of aryl methyl sites for hydroxylation is 1.